The van der Waals surface area contributed by atoms with Gasteiger partial charge in [-0.3, -0.25) is 0 Å². The van der Waals surface area contributed by atoms with Gasteiger partial charge in [-0.25, -0.2) is 0 Å². The van der Waals surface area contributed by atoms with Gasteiger partial charge in [0.2, 0.25) is 0 Å². The molecule has 16 heavy (non-hydrogen) atoms. The van der Waals surface area contributed by atoms with E-state index in [1.807, 2.05) is 18.4 Å². The van der Waals surface area contributed by atoms with E-state index < -0.39 is 5.60 Å². The summed E-state index contributed by atoms with van der Waals surface area (Å²) in [4.78, 5) is 0.943. The maximum atomic E-state index is 10.5. The van der Waals surface area contributed by atoms with Crippen molar-refractivity contribution in [2.75, 3.05) is 0 Å². The molecule has 1 atom stereocenters. The van der Waals surface area contributed by atoms with Gasteiger partial charge >= 0.3 is 0 Å². The van der Waals surface area contributed by atoms with Gasteiger partial charge in [-0.1, -0.05) is 12.1 Å². The van der Waals surface area contributed by atoms with E-state index in [0.29, 0.717) is 0 Å². The number of thiophene rings is 1. The molecule has 1 aromatic heterocycles. The van der Waals surface area contributed by atoms with Gasteiger partial charge in [0, 0.05) is 4.88 Å². The molecular weight excluding hydrogens is 220 g/mol. The minimum atomic E-state index is -0.994. The van der Waals surface area contributed by atoms with Crippen LogP contribution in [0.4, 0.5) is 0 Å². The molecule has 0 aliphatic rings. The number of hydrogen-bond donors (Lipinski definition) is 2. The van der Waals surface area contributed by atoms with E-state index in [1.54, 1.807) is 42.5 Å². The molecule has 2 N–H and O–H groups in total. The topological polar surface area (TPSA) is 40.5 Å². The van der Waals surface area contributed by atoms with Crippen LogP contribution in [-0.2, 0) is 5.60 Å². The van der Waals surface area contributed by atoms with E-state index in [9.17, 15) is 10.2 Å². The van der Waals surface area contributed by atoms with Crippen LogP contribution in [0.15, 0.2) is 35.7 Å². The fraction of sp³-hybridized carbons (Fsp3) is 0.231. The number of benzene rings is 1. The second kappa shape index (κ2) is 3.92. The van der Waals surface area contributed by atoms with Crippen molar-refractivity contribution in [3.8, 4) is 5.75 Å². The number of aliphatic hydroxyl groups is 1. The first-order valence-corrected chi connectivity index (χ1v) is 5.96. The zero-order valence-electron chi connectivity index (χ0n) is 9.27. The second-order valence-corrected chi connectivity index (χ2v) is 4.97. The highest BCUT2D eigenvalue weighted by Gasteiger charge is 2.28. The minimum Gasteiger partial charge on any atom is -0.508 e. The van der Waals surface area contributed by atoms with Crippen LogP contribution in [0.3, 0.4) is 0 Å². The van der Waals surface area contributed by atoms with E-state index in [4.69, 9.17) is 0 Å². The number of aryl methyl sites for hydroxylation is 1. The third kappa shape index (κ3) is 1.84. The first kappa shape index (κ1) is 11.2. The predicted molar refractivity (Wildman–Crippen MR) is 65.8 cm³/mol. The monoisotopic (exact) mass is 234 g/mol. The molecule has 0 saturated heterocycles. The van der Waals surface area contributed by atoms with Crippen molar-refractivity contribution in [3.63, 3.8) is 0 Å². The lowest BCUT2D eigenvalue weighted by atomic mass is 9.92. The van der Waals surface area contributed by atoms with Gasteiger partial charge in [-0.2, -0.15) is 0 Å². The van der Waals surface area contributed by atoms with E-state index in [0.717, 1.165) is 16.0 Å². The van der Waals surface area contributed by atoms with Crippen LogP contribution in [-0.4, -0.2) is 10.2 Å². The minimum absolute atomic E-state index is 0.211. The van der Waals surface area contributed by atoms with Gasteiger partial charge in [0.15, 0.2) is 0 Å². The normalized spacial score (nSPS) is 14.7. The summed E-state index contributed by atoms with van der Waals surface area (Å²) in [7, 11) is 0. The molecular formula is C13H14O2S. The van der Waals surface area contributed by atoms with E-state index >= 15 is 0 Å². The molecule has 2 nitrogen and oxygen atoms in total. The third-order valence-electron chi connectivity index (χ3n) is 2.73. The van der Waals surface area contributed by atoms with E-state index in [-0.39, 0.29) is 5.75 Å². The molecule has 2 rings (SSSR count). The molecule has 0 spiro atoms. The summed E-state index contributed by atoms with van der Waals surface area (Å²) in [5, 5.41) is 21.7. The number of aromatic hydroxyl groups is 1. The average Bonchev–Trinajstić information content (AvgIpc) is 2.66. The summed E-state index contributed by atoms with van der Waals surface area (Å²) < 4.78 is 0. The van der Waals surface area contributed by atoms with Crippen LogP contribution in [0.1, 0.15) is 22.9 Å². The Hall–Kier alpha value is -1.32. The lowest BCUT2D eigenvalue weighted by Crippen LogP contribution is -2.22. The lowest BCUT2D eigenvalue weighted by molar-refractivity contribution is 0.106. The summed E-state index contributed by atoms with van der Waals surface area (Å²) in [5.74, 6) is 0.211. The average molecular weight is 234 g/mol. The smallest absolute Gasteiger partial charge is 0.121 e. The highest BCUT2D eigenvalue weighted by Crippen LogP contribution is 2.35. The molecule has 1 heterocycles. The zero-order chi connectivity index (χ0) is 11.8. The summed E-state index contributed by atoms with van der Waals surface area (Å²) >= 11 is 1.54. The first-order valence-electron chi connectivity index (χ1n) is 5.08. The predicted octanol–water partition coefficient (Wildman–Crippen LogP) is 3.02. The lowest BCUT2D eigenvalue weighted by Gasteiger charge is -2.23. The number of hydrogen-bond acceptors (Lipinski definition) is 3. The molecule has 0 aliphatic carbocycles. The Balaban J connectivity index is 2.46. The van der Waals surface area contributed by atoms with Crippen molar-refractivity contribution >= 4 is 11.3 Å². The third-order valence-corrected chi connectivity index (χ3v) is 3.96. The molecule has 84 valence electrons. The molecule has 0 bridgehead atoms. The molecule has 2 aromatic rings. The SMILES string of the molecule is Cc1ccsc1C(C)(O)c1ccc(O)cc1. The Bertz CT molecular complexity index is 483. The molecule has 0 aliphatic heterocycles. The van der Waals surface area contributed by atoms with Crippen molar-refractivity contribution in [1.29, 1.82) is 0 Å². The van der Waals surface area contributed by atoms with Crippen molar-refractivity contribution in [2.24, 2.45) is 0 Å². The Morgan fingerprint density at radius 1 is 1.12 bits per heavy atom. The molecule has 0 radical (unpaired) electrons. The van der Waals surface area contributed by atoms with E-state index in [1.165, 1.54) is 0 Å². The molecule has 0 fully saturated rings. The molecule has 1 aromatic carbocycles. The van der Waals surface area contributed by atoms with Gasteiger partial charge in [-0.15, -0.1) is 11.3 Å². The largest absolute Gasteiger partial charge is 0.508 e. The van der Waals surface area contributed by atoms with Gasteiger partial charge in [0.1, 0.15) is 11.4 Å². The van der Waals surface area contributed by atoms with Crippen LogP contribution < -0.4 is 0 Å². The number of phenolic OH excluding ortho intramolecular Hbond substituents is 1. The van der Waals surface area contributed by atoms with Crippen LogP contribution in [0.5, 0.6) is 5.75 Å². The standard InChI is InChI=1S/C13H14O2S/c1-9-7-8-16-12(9)13(2,15)10-3-5-11(14)6-4-10/h3-8,14-15H,1-2H3. The molecule has 3 heteroatoms. The quantitative estimate of drug-likeness (QED) is 0.838. The Morgan fingerprint density at radius 2 is 1.75 bits per heavy atom. The second-order valence-electron chi connectivity index (χ2n) is 4.05. The van der Waals surface area contributed by atoms with Crippen molar-refractivity contribution < 1.29 is 10.2 Å². The highest BCUT2D eigenvalue weighted by atomic mass is 32.1. The van der Waals surface area contributed by atoms with Crippen molar-refractivity contribution in [3.05, 3.63) is 51.7 Å². The van der Waals surface area contributed by atoms with Crippen LogP contribution in [0.2, 0.25) is 0 Å². The Morgan fingerprint density at radius 3 is 2.25 bits per heavy atom. The van der Waals surface area contributed by atoms with Gasteiger partial charge < -0.3 is 10.2 Å². The van der Waals surface area contributed by atoms with Crippen molar-refractivity contribution in [1.82, 2.24) is 0 Å². The van der Waals surface area contributed by atoms with Crippen LogP contribution in [0, 0.1) is 6.92 Å². The summed E-state index contributed by atoms with van der Waals surface area (Å²) in [6.07, 6.45) is 0. The van der Waals surface area contributed by atoms with Gasteiger partial charge in [0.05, 0.1) is 0 Å². The Kier molecular flexibility index (Phi) is 2.74. The maximum Gasteiger partial charge on any atom is 0.121 e. The van der Waals surface area contributed by atoms with Crippen LogP contribution >= 0.6 is 11.3 Å². The molecule has 1 unspecified atom stereocenters. The van der Waals surface area contributed by atoms with Gasteiger partial charge in [-0.05, 0) is 48.6 Å². The fourth-order valence-electron chi connectivity index (χ4n) is 1.79. The van der Waals surface area contributed by atoms with E-state index in [2.05, 4.69) is 0 Å². The number of phenols is 1. The van der Waals surface area contributed by atoms with Crippen LogP contribution in [0.25, 0.3) is 0 Å². The molecule has 0 amide bonds. The summed E-state index contributed by atoms with van der Waals surface area (Å²) in [6, 6.07) is 8.66. The fourth-order valence-corrected chi connectivity index (χ4v) is 2.80. The summed E-state index contributed by atoms with van der Waals surface area (Å²) in [6.45, 7) is 3.76. The van der Waals surface area contributed by atoms with Gasteiger partial charge in [0.25, 0.3) is 0 Å². The summed E-state index contributed by atoms with van der Waals surface area (Å²) in [5.41, 5.74) is 0.880. The number of rotatable bonds is 2. The Labute approximate surface area is 98.8 Å². The highest BCUT2D eigenvalue weighted by molar-refractivity contribution is 7.10. The first-order chi connectivity index (χ1) is 7.51. The molecule has 0 saturated carbocycles. The zero-order valence-corrected chi connectivity index (χ0v) is 10.1. The van der Waals surface area contributed by atoms with Crippen molar-refractivity contribution in [2.45, 2.75) is 19.4 Å². The maximum absolute atomic E-state index is 10.5.